The van der Waals surface area contributed by atoms with Crippen molar-refractivity contribution in [2.24, 2.45) is 0 Å². The Bertz CT molecular complexity index is 171. The smallest absolute Gasteiger partial charge is 0.0698 e. The number of hydrogen-bond donors (Lipinski definition) is 1. The number of likely N-dealkylation sites (tertiary alicyclic amines) is 1. The van der Waals surface area contributed by atoms with Gasteiger partial charge in [0.15, 0.2) is 0 Å². The Morgan fingerprint density at radius 1 is 1.53 bits per heavy atom. The van der Waals surface area contributed by atoms with Crippen molar-refractivity contribution in [1.29, 1.82) is 0 Å². The van der Waals surface area contributed by atoms with Crippen LogP contribution in [0.15, 0.2) is 0 Å². The maximum atomic E-state index is 5.46. The number of nitrogens with one attached hydrogen (secondary N) is 1. The van der Waals surface area contributed by atoms with Gasteiger partial charge >= 0.3 is 0 Å². The average Bonchev–Trinajstić information content (AvgIpc) is 2.30. The van der Waals surface area contributed by atoms with Gasteiger partial charge in [-0.1, -0.05) is 6.92 Å². The second-order valence-corrected chi connectivity index (χ2v) is 4.54. The number of piperidine rings is 1. The molecular formula is C12H26N2O. The molecule has 1 saturated heterocycles. The van der Waals surface area contributed by atoms with Gasteiger partial charge in [0, 0.05) is 25.7 Å². The normalized spacial score (nSPS) is 27.6. The monoisotopic (exact) mass is 214 g/mol. The van der Waals surface area contributed by atoms with E-state index in [2.05, 4.69) is 31.1 Å². The number of nitrogens with zero attached hydrogens (tertiary/aromatic N) is 1. The molecule has 1 rings (SSSR count). The molecule has 0 aliphatic carbocycles. The van der Waals surface area contributed by atoms with Crippen LogP contribution in [0.5, 0.6) is 0 Å². The molecule has 3 atom stereocenters. The molecule has 0 spiro atoms. The molecule has 0 amide bonds. The number of rotatable bonds is 5. The zero-order valence-electron chi connectivity index (χ0n) is 10.6. The van der Waals surface area contributed by atoms with Crippen LogP contribution in [0.3, 0.4) is 0 Å². The maximum Gasteiger partial charge on any atom is 0.0698 e. The van der Waals surface area contributed by atoms with Crippen LogP contribution in [0.1, 0.15) is 33.1 Å². The lowest BCUT2D eigenvalue weighted by molar-refractivity contribution is 0.0111. The van der Waals surface area contributed by atoms with Crippen molar-refractivity contribution in [2.75, 3.05) is 27.2 Å². The van der Waals surface area contributed by atoms with Gasteiger partial charge in [-0.3, -0.25) is 4.90 Å². The van der Waals surface area contributed by atoms with E-state index >= 15 is 0 Å². The van der Waals surface area contributed by atoms with Gasteiger partial charge in [0.1, 0.15) is 0 Å². The lowest BCUT2D eigenvalue weighted by Crippen LogP contribution is -2.51. The van der Waals surface area contributed by atoms with Crippen LogP contribution in [-0.4, -0.2) is 50.3 Å². The van der Waals surface area contributed by atoms with E-state index in [1.54, 1.807) is 0 Å². The van der Waals surface area contributed by atoms with E-state index < -0.39 is 0 Å². The van der Waals surface area contributed by atoms with Gasteiger partial charge in [-0.05, 0) is 39.8 Å². The lowest BCUT2D eigenvalue weighted by atomic mass is 10.0. The van der Waals surface area contributed by atoms with Crippen LogP contribution in [0.25, 0.3) is 0 Å². The van der Waals surface area contributed by atoms with E-state index in [4.69, 9.17) is 4.74 Å². The van der Waals surface area contributed by atoms with Crippen LogP contribution in [0.4, 0.5) is 0 Å². The molecule has 1 heterocycles. The van der Waals surface area contributed by atoms with Crippen molar-refractivity contribution in [3.63, 3.8) is 0 Å². The van der Waals surface area contributed by atoms with Crippen molar-refractivity contribution in [3.05, 3.63) is 0 Å². The molecule has 0 aromatic heterocycles. The number of likely N-dealkylation sites (N-methyl/N-ethyl adjacent to an activating group) is 1. The molecule has 3 nitrogen and oxygen atoms in total. The summed E-state index contributed by atoms with van der Waals surface area (Å²) in [5.41, 5.74) is 0. The van der Waals surface area contributed by atoms with Crippen molar-refractivity contribution in [2.45, 2.75) is 51.3 Å². The molecule has 0 aromatic rings. The molecule has 3 unspecified atom stereocenters. The Balaban J connectivity index is 2.47. The molecule has 1 aliphatic heterocycles. The van der Waals surface area contributed by atoms with Gasteiger partial charge in [0.2, 0.25) is 0 Å². The summed E-state index contributed by atoms with van der Waals surface area (Å²) in [6.07, 6.45) is 4.11. The van der Waals surface area contributed by atoms with E-state index in [1.165, 1.54) is 25.8 Å². The van der Waals surface area contributed by atoms with Gasteiger partial charge in [0.25, 0.3) is 0 Å². The summed E-state index contributed by atoms with van der Waals surface area (Å²) in [6.45, 7) is 6.88. The van der Waals surface area contributed by atoms with Gasteiger partial charge in [-0.25, -0.2) is 0 Å². The summed E-state index contributed by atoms with van der Waals surface area (Å²) in [6, 6.07) is 1.21. The van der Waals surface area contributed by atoms with Crippen molar-refractivity contribution in [3.8, 4) is 0 Å². The van der Waals surface area contributed by atoms with Crippen molar-refractivity contribution in [1.82, 2.24) is 10.2 Å². The fourth-order valence-electron chi connectivity index (χ4n) is 2.57. The fourth-order valence-corrected chi connectivity index (χ4v) is 2.57. The number of ether oxygens (including phenoxy) is 1. The van der Waals surface area contributed by atoms with Crippen LogP contribution < -0.4 is 5.32 Å². The standard InChI is InChI=1S/C12H26N2O/c1-5-12(13-3)10(2)14-8-6-7-11(9-14)15-4/h10-13H,5-9H2,1-4H3. The molecule has 0 aromatic carbocycles. The van der Waals surface area contributed by atoms with Crippen LogP contribution >= 0.6 is 0 Å². The summed E-state index contributed by atoms with van der Waals surface area (Å²) >= 11 is 0. The van der Waals surface area contributed by atoms with E-state index in [9.17, 15) is 0 Å². The highest BCUT2D eigenvalue weighted by atomic mass is 16.5. The van der Waals surface area contributed by atoms with E-state index in [-0.39, 0.29) is 0 Å². The Kier molecular flexibility index (Phi) is 5.58. The predicted octanol–water partition coefficient (Wildman–Crippen LogP) is 1.48. The highest BCUT2D eigenvalue weighted by molar-refractivity contribution is 4.83. The van der Waals surface area contributed by atoms with Crippen molar-refractivity contribution < 1.29 is 4.74 Å². The van der Waals surface area contributed by atoms with Crippen LogP contribution in [-0.2, 0) is 4.74 Å². The minimum Gasteiger partial charge on any atom is -0.380 e. The Labute approximate surface area is 94.2 Å². The second kappa shape index (κ2) is 6.46. The second-order valence-electron chi connectivity index (χ2n) is 4.54. The highest BCUT2D eigenvalue weighted by Crippen LogP contribution is 2.17. The molecule has 0 bridgehead atoms. The first-order chi connectivity index (χ1) is 7.22. The van der Waals surface area contributed by atoms with Crippen LogP contribution in [0.2, 0.25) is 0 Å². The summed E-state index contributed by atoms with van der Waals surface area (Å²) in [5.74, 6) is 0. The number of hydrogen-bond acceptors (Lipinski definition) is 3. The predicted molar refractivity (Wildman–Crippen MR) is 64.2 cm³/mol. The average molecular weight is 214 g/mol. The van der Waals surface area contributed by atoms with E-state index in [0.717, 1.165) is 6.54 Å². The lowest BCUT2D eigenvalue weighted by Gasteiger charge is -2.39. The third-order valence-electron chi connectivity index (χ3n) is 3.71. The van der Waals surface area contributed by atoms with Gasteiger partial charge in [0.05, 0.1) is 6.10 Å². The van der Waals surface area contributed by atoms with Crippen LogP contribution in [0, 0.1) is 0 Å². The molecule has 1 fully saturated rings. The van der Waals surface area contributed by atoms with E-state index in [0.29, 0.717) is 18.2 Å². The fraction of sp³-hybridized carbons (Fsp3) is 1.00. The third kappa shape index (κ3) is 3.44. The first kappa shape index (κ1) is 12.9. The number of methoxy groups -OCH3 is 1. The minimum absolute atomic E-state index is 0.440. The molecule has 1 aliphatic rings. The SMILES string of the molecule is CCC(NC)C(C)N1CCCC(OC)C1. The maximum absolute atomic E-state index is 5.46. The summed E-state index contributed by atoms with van der Waals surface area (Å²) in [4.78, 5) is 2.56. The zero-order valence-corrected chi connectivity index (χ0v) is 10.6. The third-order valence-corrected chi connectivity index (χ3v) is 3.71. The first-order valence-electron chi connectivity index (χ1n) is 6.17. The molecule has 90 valence electrons. The zero-order chi connectivity index (χ0) is 11.3. The Morgan fingerprint density at radius 2 is 2.27 bits per heavy atom. The van der Waals surface area contributed by atoms with Crippen molar-refractivity contribution >= 4 is 0 Å². The minimum atomic E-state index is 0.440. The first-order valence-corrected chi connectivity index (χ1v) is 6.17. The van der Waals surface area contributed by atoms with Gasteiger partial charge < -0.3 is 10.1 Å². The summed E-state index contributed by atoms with van der Waals surface area (Å²) in [5, 5.41) is 3.40. The quantitative estimate of drug-likeness (QED) is 0.750. The molecule has 0 saturated carbocycles. The molecule has 3 heteroatoms. The van der Waals surface area contributed by atoms with E-state index in [1.807, 2.05) is 7.11 Å². The molecule has 0 radical (unpaired) electrons. The highest BCUT2D eigenvalue weighted by Gasteiger charge is 2.26. The molecular weight excluding hydrogens is 188 g/mol. The molecule has 15 heavy (non-hydrogen) atoms. The Hall–Kier alpha value is -0.120. The largest absolute Gasteiger partial charge is 0.380 e. The topological polar surface area (TPSA) is 24.5 Å². The van der Waals surface area contributed by atoms with Gasteiger partial charge in [-0.2, -0.15) is 0 Å². The Morgan fingerprint density at radius 3 is 2.80 bits per heavy atom. The van der Waals surface area contributed by atoms with Gasteiger partial charge in [-0.15, -0.1) is 0 Å². The molecule has 1 N–H and O–H groups in total. The summed E-state index contributed by atoms with van der Waals surface area (Å²) in [7, 11) is 3.89. The summed E-state index contributed by atoms with van der Waals surface area (Å²) < 4.78 is 5.46.